The number of likely N-dealkylation sites (N-methyl/N-ethyl adjacent to an activating group) is 2. The number of carbonyl (C=O) groups excluding carboxylic acids is 1. The number of nitro benzene ring substituents is 1. The van der Waals surface area contributed by atoms with E-state index >= 15 is 0 Å². The van der Waals surface area contributed by atoms with Crippen molar-refractivity contribution < 1.29 is 72.8 Å². The normalized spacial score (nSPS) is 38.9. The third-order valence-corrected chi connectivity index (χ3v) is 15.6. The minimum absolute atomic E-state index is 0.0769. The Morgan fingerprint density at radius 2 is 1.67 bits per heavy atom. The van der Waals surface area contributed by atoms with E-state index in [9.17, 15) is 44.8 Å². The van der Waals surface area contributed by atoms with Gasteiger partial charge in [-0.05, 0) is 105 Å². The molecule has 3 aliphatic rings. The number of cyclic esters (lactones) is 1. The Hall–Kier alpha value is -3.36. The maximum Gasteiger partial charge on any atom is 0.311 e. The average molecular weight is 1030 g/mol. The first-order chi connectivity index (χ1) is 33.7. The number of ether oxygens (including phenoxy) is 7. The van der Waals surface area contributed by atoms with Crippen molar-refractivity contribution in [2.24, 2.45) is 11.8 Å². The van der Waals surface area contributed by atoms with Crippen molar-refractivity contribution in [2.75, 3.05) is 48.1 Å². The highest BCUT2D eigenvalue weighted by atomic mass is 19.1. The number of benzene rings is 1. The van der Waals surface area contributed by atoms with Crippen LogP contribution in [0.4, 0.5) is 10.1 Å². The molecule has 410 valence electrons. The summed E-state index contributed by atoms with van der Waals surface area (Å²) in [5.41, 5.74) is -3.63. The zero-order valence-corrected chi connectivity index (χ0v) is 44.4. The number of halogens is 1. The number of hydrogen-bond donors (Lipinski definition) is 5. The number of rotatable bonds is 16. The molecule has 1 aromatic carbocycles. The molecular weight excluding hydrogens is 944 g/mol. The lowest BCUT2D eigenvalue weighted by molar-refractivity contribution is -0.384. The lowest BCUT2D eigenvalue weighted by Gasteiger charge is -2.47. The molecule has 3 saturated heterocycles. The lowest BCUT2D eigenvalue weighted by Crippen LogP contribution is -2.59. The van der Waals surface area contributed by atoms with Gasteiger partial charge in [-0.2, -0.15) is 0 Å². The van der Waals surface area contributed by atoms with Crippen molar-refractivity contribution in [2.45, 2.75) is 203 Å². The van der Waals surface area contributed by atoms with Crippen molar-refractivity contribution in [3.8, 4) is 0 Å². The third kappa shape index (κ3) is 13.9. The highest BCUT2D eigenvalue weighted by molar-refractivity contribution is 5.73. The number of non-ortho nitro benzene ring substituents is 1. The molecule has 21 nitrogen and oxygen atoms in total. The Morgan fingerprint density at radius 3 is 2.26 bits per heavy atom. The van der Waals surface area contributed by atoms with Gasteiger partial charge in [-0.15, -0.1) is 5.10 Å². The number of carbonyl (C=O) groups is 1. The summed E-state index contributed by atoms with van der Waals surface area (Å²) < 4.78 is 59.5. The monoisotopic (exact) mass is 1030 g/mol. The molecule has 1 aromatic heterocycles. The molecule has 0 spiro atoms. The summed E-state index contributed by atoms with van der Waals surface area (Å²) in [5, 5.41) is 79.0. The highest BCUT2D eigenvalue weighted by Crippen LogP contribution is 2.39. The molecule has 19 atom stereocenters. The Labute approximate surface area is 423 Å². The summed E-state index contributed by atoms with van der Waals surface area (Å²) in [6.07, 6.45) is -8.53. The molecule has 2 aromatic rings. The van der Waals surface area contributed by atoms with E-state index in [1.807, 2.05) is 37.7 Å². The molecule has 72 heavy (non-hydrogen) atoms. The number of aromatic nitrogens is 3. The molecule has 3 aliphatic heterocycles. The summed E-state index contributed by atoms with van der Waals surface area (Å²) in [6, 6.07) is 3.67. The van der Waals surface area contributed by atoms with Crippen LogP contribution in [0.2, 0.25) is 0 Å². The number of nitro groups is 1. The molecule has 4 heterocycles. The van der Waals surface area contributed by atoms with Crippen LogP contribution in [0.5, 0.6) is 0 Å². The first kappa shape index (κ1) is 59.5. The van der Waals surface area contributed by atoms with Gasteiger partial charge in [-0.3, -0.25) is 14.9 Å². The second-order valence-corrected chi connectivity index (χ2v) is 21.4. The predicted octanol–water partition coefficient (Wildman–Crippen LogP) is 3.67. The van der Waals surface area contributed by atoms with E-state index in [0.29, 0.717) is 37.2 Å². The van der Waals surface area contributed by atoms with Gasteiger partial charge in [0.2, 0.25) is 0 Å². The number of alkyl halides is 1. The Balaban J connectivity index is 1.42. The molecule has 0 radical (unpaired) electrons. The van der Waals surface area contributed by atoms with Gasteiger partial charge in [0.25, 0.3) is 5.69 Å². The molecule has 0 unspecified atom stereocenters. The maximum atomic E-state index is 14.7. The van der Waals surface area contributed by atoms with Crippen LogP contribution in [0.25, 0.3) is 0 Å². The fraction of sp³-hybridized carbons (Fsp3) is 0.820. The number of nitrogens with zero attached hydrogens (tertiary/aromatic N) is 6. The smallest absolute Gasteiger partial charge is 0.311 e. The highest BCUT2D eigenvalue weighted by Gasteiger charge is 2.51. The van der Waals surface area contributed by atoms with E-state index in [4.69, 9.17) is 33.2 Å². The fourth-order valence-electron chi connectivity index (χ4n) is 10.7. The lowest BCUT2D eigenvalue weighted by atomic mass is 9.83. The van der Waals surface area contributed by atoms with Crippen molar-refractivity contribution in [3.05, 3.63) is 51.8 Å². The number of hydrogen-bond acceptors (Lipinski definition) is 19. The minimum Gasteiger partial charge on any atom is -0.459 e. The van der Waals surface area contributed by atoms with E-state index in [0.717, 1.165) is 0 Å². The van der Waals surface area contributed by atoms with Gasteiger partial charge < -0.3 is 68.5 Å². The molecule has 3 fully saturated rings. The van der Waals surface area contributed by atoms with Crippen LogP contribution in [-0.4, -0.2) is 200 Å². The van der Waals surface area contributed by atoms with Gasteiger partial charge in [-0.1, -0.05) is 19.1 Å². The van der Waals surface area contributed by atoms with Gasteiger partial charge in [-0.25, -0.2) is 9.07 Å². The molecule has 22 heteroatoms. The van der Waals surface area contributed by atoms with E-state index in [1.54, 1.807) is 47.7 Å². The van der Waals surface area contributed by atoms with Crippen LogP contribution < -0.4 is 0 Å². The second kappa shape index (κ2) is 25.0. The van der Waals surface area contributed by atoms with Crippen LogP contribution in [0.3, 0.4) is 0 Å². The predicted molar refractivity (Wildman–Crippen MR) is 260 cm³/mol. The Kier molecular flexibility index (Phi) is 20.7. The van der Waals surface area contributed by atoms with E-state index < -0.39 is 126 Å². The quantitative estimate of drug-likeness (QED) is 0.0913. The van der Waals surface area contributed by atoms with Crippen LogP contribution in [0.15, 0.2) is 30.5 Å². The van der Waals surface area contributed by atoms with Crippen LogP contribution >= 0.6 is 0 Å². The van der Waals surface area contributed by atoms with E-state index in [2.05, 4.69) is 10.3 Å². The summed E-state index contributed by atoms with van der Waals surface area (Å²) in [4.78, 5) is 28.9. The Bertz CT molecular complexity index is 2040. The van der Waals surface area contributed by atoms with Crippen LogP contribution in [-0.2, 0) is 44.4 Å². The number of aliphatic hydroxyl groups is 5. The molecule has 0 saturated carbocycles. The first-order valence-electron chi connectivity index (χ1n) is 25.2. The summed E-state index contributed by atoms with van der Waals surface area (Å²) >= 11 is 0. The molecule has 5 rings (SSSR count). The number of methoxy groups -OCH3 is 2. The SMILES string of the molecule is CC[C@H]1OC(=O)[C@H](C)[C@@H](O[C@H]2C[C@@](C)(OC)[C@@H](O)[C@H](C)O2)C[C@@H](O[C@@H]2O[C@H](C)C[C@H](N(C)CCc3cn([C@H](CF)[C@H](OC)c4ccc([N+](=O)[O-])cc4)nn3)[C@H]2O)[C@](C)(O)C[C@@H](C)CN(C)[C@H](C)[C@@H](O)[C@]1(C)O. The minimum atomic E-state index is -1.86. The number of aliphatic hydroxyl groups excluding tert-OH is 3. The zero-order chi connectivity index (χ0) is 53.6. The molecule has 0 aliphatic carbocycles. The third-order valence-electron chi connectivity index (χ3n) is 15.6. The number of esters is 1. The van der Waals surface area contributed by atoms with Crippen molar-refractivity contribution in [1.82, 2.24) is 24.8 Å². The van der Waals surface area contributed by atoms with Crippen molar-refractivity contribution in [3.63, 3.8) is 0 Å². The van der Waals surface area contributed by atoms with Crippen molar-refractivity contribution in [1.29, 1.82) is 0 Å². The van der Waals surface area contributed by atoms with Gasteiger partial charge in [0.1, 0.15) is 48.8 Å². The van der Waals surface area contributed by atoms with E-state index in [1.165, 1.54) is 50.1 Å². The van der Waals surface area contributed by atoms with Gasteiger partial charge in [0.05, 0.1) is 52.2 Å². The summed E-state index contributed by atoms with van der Waals surface area (Å²) in [7, 11) is 6.56. The molecule has 5 N–H and O–H groups in total. The standard InChI is InChI=1S/C50H83FN6O15/c1-14-39-50(9,63)44(59)31(5)55(11)26-28(2)23-48(7,62)40(22-38(30(4)46(61)71-39)70-41-24-49(8,67-13)45(60)32(6)69-41)72-47-42(58)36(21-29(3)68-47)54(10)20-19-34-27-56(53-52-34)37(25-51)43(66-12)33-15-17-35(18-16-33)57(64)65/h15-18,27-32,36-45,47,58-60,62-63H,14,19-26H2,1-13H3/t28-,29-,30-,31-,32+,36+,37-,38+,39-,40-,41+,42-,43-,44-,45+,47+,48-,49-,50-/m1/s1. The molecular formula is C50H83FN6O15. The van der Waals surface area contributed by atoms with Crippen LogP contribution in [0.1, 0.15) is 118 Å². The summed E-state index contributed by atoms with van der Waals surface area (Å²) in [6.45, 7) is 15.4. The molecule has 0 bridgehead atoms. The van der Waals surface area contributed by atoms with Gasteiger partial charge >= 0.3 is 5.97 Å². The van der Waals surface area contributed by atoms with Crippen LogP contribution in [0, 0.1) is 22.0 Å². The first-order valence-corrected chi connectivity index (χ1v) is 25.2. The largest absolute Gasteiger partial charge is 0.459 e. The average Bonchev–Trinajstić information content (AvgIpc) is 3.80. The Morgan fingerprint density at radius 1 is 1.00 bits per heavy atom. The molecule has 0 amide bonds. The summed E-state index contributed by atoms with van der Waals surface area (Å²) in [5.74, 6) is -2.04. The van der Waals surface area contributed by atoms with E-state index in [-0.39, 0.29) is 37.3 Å². The topological polar surface area (TPSA) is 263 Å². The second-order valence-electron chi connectivity index (χ2n) is 21.4. The van der Waals surface area contributed by atoms with Gasteiger partial charge in [0.15, 0.2) is 12.6 Å². The van der Waals surface area contributed by atoms with Gasteiger partial charge in [0, 0.05) is 77.0 Å². The van der Waals surface area contributed by atoms with Crippen molar-refractivity contribution >= 4 is 11.7 Å². The fourth-order valence-corrected chi connectivity index (χ4v) is 10.7. The maximum absolute atomic E-state index is 14.7. The zero-order valence-electron chi connectivity index (χ0n) is 44.4.